The summed E-state index contributed by atoms with van der Waals surface area (Å²) in [6.45, 7) is 1.51. The molecule has 4 rings (SSSR count). The summed E-state index contributed by atoms with van der Waals surface area (Å²) in [5, 5.41) is 4.65. The minimum absolute atomic E-state index is 0.150. The highest BCUT2D eigenvalue weighted by Gasteiger charge is 2.28. The molecule has 20 heavy (non-hydrogen) atoms. The summed E-state index contributed by atoms with van der Waals surface area (Å²) in [7, 11) is 0. The Balaban J connectivity index is 1.71. The van der Waals surface area contributed by atoms with Crippen molar-refractivity contribution in [3.63, 3.8) is 0 Å². The summed E-state index contributed by atoms with van der Waals surface area (Å²) in [6, 6.07) is 2.17. The van der Waals surface area contributed by atoms with E-state index in [0.29, 0.717) is 5.92 Å². The van der Waals surface area contributed by atoms with Gasteiger partial charge in [0.25, 0.3) is 0 Å². The highest BCUT2D eigenvalue weighted by atomic mass is 19.1. The number of rotatable bonds is 3. The van der Waals surface area contributed by atoms with Crippen LogP contribution in [0.5, 0.6) is 0 Å². The largest absolute Gasteiger partial charge is 0.354 e. The minimum atomic E-state index is -0.230. The molecule has 2 aromatic heterocycles. The Hall–Kier alpha value is -1.65. The van der Waals surface area contributed by atoms with E-state index in [1.54, 1.807) is 6.20 Å². The Bertz CT molecular complexity index is 619. The van der Waals surface area contributed by atoms with E-state index < -0.39 is 0 Å². The van der Waals surface area contributed by atoms with E-state index in [-0.39, 0.29) is 12.6 Å². The van der Waals surface area contributed by atoms with Crippen molar-refractivity contribution < 1.29 is 4.39 Å². The average Bonchev–Trinajstić information content (AvgIpc) is 3.26. The molecule has 0 bridgehead atoms. The van der Waals surface area contributed by atoms with Gasteiger partial charge < -0.3 is 4.90 Å². The molecule has 4 nitrogen and oxygen atoms in total. The first kappa shape index (κ1) is 12.1. The molecule has 2 fully saturated rings. The molecule has 0 amide bonds. The van der Waals surface area contributed by atoms with Gasteiger partial charge in [-0.15, -0.1) is 0 Å². The zero-order valence-electron chi connectivity index (χ0n) is 11.5. The standard InChI is InChI=1S/C15H19FN4/c16-9-11-2-1-6-19(10-11)15-14-8-13(12-3-4-12)18-20(14)7-5-17-15/h5,7-8,11-12H,1-4,6,9-10H2. The zero-order chi connectivity index (χ0) is 13.5. The van der Waals surface area contributed by atoms with Gasteiger partial charge in [0.1, 0.15) is 5.52 Å². The highest BCUT2D eigenvalue weighted by molar-refractivity contribution is 5.69. The number of hydrogen-bond acceptors (Lipinski definition) is 3. The lowest BCUT2D eigenvalue weighted by Gasteiger charge is -2.32. The summed E-state index contributed by atoms with van der Waals surface area (Å²) >= 11 is 0. The number of alkyl halides is 1. The Morgan fingerprint density at radius 1 is 1.30 bits per heavy atom. The number of halogens is 1. The van der Waals surface area contributed by atoms with Crippen molar-refractivity contribution in [1.29, 1.82) is 0 Å². The maximum Gasteiger partial charge on any atom is 0.154 e. The van der Waals surface area contributed by atoms with Crippen molar-refractivity contribution in [2.75, 3.05) is 24.7 Å². The predicted octanol–water partition coefficient (Wildman–Crippen LogP) is 2.79. The molecule has 2 aliphatic rings. The first-order chi connectivity index (χ1) is 9.85. The van der Waals surface area contributed by atoms with Crippen LogP contribution in [0.3, 0.4) is 0 Å². The lowest BCUT2D eigenvalue weighted by molar-refractivity contribution is 0.315. The highest BCUT2D eigenvalue weighted by Crippen LogP contribution is 2.40. The lowest BCUT2D eigenvalue weighted by atomic mass is 9.99. The molecule has 106 valence electrons. The van der Waals surface area contributed by atoms with E-state index in [4.69, 9.17) is 0 Å². The molecular weight excluding hydrogens is 255 g/mol. The van der Waals surface area contributed by atoms with Gasteiger partial charge in [-0.2, -0.15) is 5.10 Å². The number of piperidine rings is 1. The van der Waals surface area contributed by atoms with Crippen LogP contribution in [0.1, 0.15) is 37.3 Å². The quantitative estimate of drug-likeness (QED) is 0.863. The van der Waals surface area contributed by atoms with Gasteiger partial charge in [-0.1, -0.05) is 0 Å². The fourth-order valence-corrected chi connectivity index (χ4v) is 3.13. The fraction of sp³-hybridized carbons (Fsp3) is 0.600. The summed E-state index contributed by atoms with van der Waals surface area (Å²) in [5.41, 5.74) is 2.24. The summed E-state index contributed by atoms with van der Waals surface area (Å²) in [4.78, 5) is 6.76. The normalized spacial score (nSPS) is 23.4. The summed E-state index contributed by atoms with van der Waals surface area (Å²) < 4.78 is 14.9. The second-order valence-electron chi connectivity index (χ2n) is 6.03. The van der Waals surface area contributed by atoms with E-state index in [1.165, 1.54) is 18.5 Å². The minimum Gasteiger partial charge on any atom is -0.354 e. The van der Waals surface area contributed by atoms with E-state index in [9.17, 15) is 4.39 Å². The predicted molar refractivity (Wildman–Crippen MR) is 75.9 cm³/mol. The van der Waals surface area contributed by atoms with Gasteiger partial charge in [-0.3, -0.25) is 4.39 Å². The second-order valence-corrected chi connectivity index (χ2v) is 6.03. The van der Waals surface area contributed by atoms with E-state index in [0.717, 1.165) is 37.3 Å². The molecule has 1 saturated carbocycles. The van der Waals surface area contributed by atoms with Crippen LogP contribution in [-0.4, -0.2) is 34.4 Å². The van der Waals surface area contributed by atoms with Gasteiger partial charge in [0.15, 0.2) is 5.82 Å². The van der Waals surface area contributed by atoms with Gasteiger partial charge in [-0.05, 0) is 31.7 Å². The van der Waals surface area contributed by atoms with Crippen LogP contribution in [0, 0.1) is 5.92 Å². The summed E-state index contributed by atoms with van der Waals surface area (Å²) in [6.07, 6.45) is 8.23. The topological polar surface area (TPSA) is 33.4 Å². The van der Waals surface area contributed by atoms with Crippen LogP contribution in [0.15, 0.2) is 18.5 Å². The van der Waals surface area contributed by atoms with Crippen molar-refractivity contribution in [3.05, 3.63) is 24.2 Å². The third-order valence-electron chi connectivity index (χ3n) is 4.42. The molecule has 1 saturated heterocycles. The molecule has 1 unspecified atom stereocenters. The average molecular weight is 274 g/mol. The smallest absolute Gasteiger partial charge is 0.154 e. The maximum absolute atomic E-state index is 12.9. The fourth-order valence-electron chi connectivity index (χ4n) is 3.13. The number of aromatic nitrogens is 3. The molecule has 1 aliphatic heterocycles. The van der Waals surface area contributed by atoms with Crippen LogP contribution in [-0.2, 0) is 0 Å². The molecule has 1 aliphatic carbocycles. The van der Waals surface area contributed by atoms with Crippen LogP contribution in [0.4, 0.5) is 10.2 Å². The number of fused-ring (bicyclic) bond motifs is 1. The molecular formula is C15H19FN4. The molecule has 0 aromatic carbocycles. The maximum atomic E-state index is 12.9. The molecule has 0 radical (unpaired) electrons. The van der Waals surface area contributed by atoms with E-state index in [1.807, 2.05) is 10.7 Å². The monoisotopic (exact) mass is 274 g/mol. The third kappa shape index (κ3) is 2.05. The molecule has 2 aromatic rings. The number of hydrogen-bond donors (Lipinski definition) is 0. The number of nitrogens with zero attached hydrogens (tertiary/aromatic N) is 4. The number of anilines is 1. The first-order valence-corrected chi connectivity index (χ1v) is 7.50. The third-order valence-corrected chi connectivity index (χ3v) is 4.42. The van der Waals surface area contributed by atoms with Gasteiger partial charge in [0, 0.05) is 37.3 Å². The van der Waals surface area contributed by atoms with Gasteiger partial charge in [0.2, 0.25) is 0 Å². The van der Waals surface area contributed by atoms with Crippen molar-refractivity contribution in [1.82, 2.24) is 14.6 Å². The van der Waals surface area contributed by atoms with Crippen LogP contribution in [0.25, 0.3) is 5.52 Å². The molecule has 1 atom stereocenters. The Labute approximate surface area is 117 Å². The van der Waals surface area contributed by atoms with Crippen molar-refractivity contribution in [2.45, 2.75) is 31.6 Å². The molecule has 0 spiro atoms. The molecule has 3 heterocycles. The summed E-state index contributed by atoms with van der Waals surface area (Å²) in [5.74, 6) is 1.75. The zero-order valence-corrected chi connectivity index (χ0v) is 11.5. The van der Waals surface area contributed by atoms with Crippen molar-refractivity contribution in [2.24, 2.45) is 5.92 Å². The Morgan fingerprint density at radius 2 is 2.20 bits per heavy atom. The van der Waals surface area contributed by atoms with Crippen LogP contribution < -0.4 is 4.90 Å². The SMILES string of the molecule is FCC1CCCN(c2nccn3nc(C4CC4)cc23)C1. The Kier molecular flexibility index (Phi) is 2.86. The lowest BCUT2D eigenvalue weighted by Crippen LogP contribution is -2.37. The van der Waals surface area contributed by atoms with E-state index in [2.05, 4.69) is 21.0 Å². The van der Waals surface area contributed by atoms with Gasteiger partial charge in [0.05, 0.1) is 12.4 Å². The van der Waals surface area contributed by atoms with Crippen LogP contribution >= 0.6 is 0 Å². The van der Waals surface area contributed by atoms with Crippen molar-refractivity contribution >= 4 is 11.3 Å². The molecule has 5 heteroatoms. The first-order valence-electron chi connectivity index (χ1n) is 7.50. The van der Waals surface area contributed by atoms with Gasteiger partial charge >= 0.3 is 0 Å². The van der Waals surface area contributed by atoms with E-state index >= 15 is 0 Å². The van der Waals surface area contributed by atoms with Crippen molar-refractivity contribution in [3.8, 4) is 0 Å². The molecule has 0 N–H and O–H groups in total. The van der Waals surface area contributed by atoms with Crippen LogP contribution in [0.2, 0.25) is 0 Å². The Morgan fingerprint density at radius 3 is 3.00 bits per heavy atom. The van der Waals surface area contributed by atoms with Gasteiger partial charge in [-0.25, -0.2) is 9.50 Å². The second kappa shape index (κ2) is 4.72.